The molecule has 0 aliphatic carbocycles. The molecule has 2 heterocycles. The highest BCUT2D eigenvalue weighted by Gasteiger charge is 2.55. The zero-order valence-corrected chi connectivity index (χ0v) is 28.5. The summed E-state index contributed by atoms with van der Waals surface area (Å²) in [5.74, 6) is 3.46. The number of ether oxygens (including phenoxy) is 4. The second-order valence-electron chi connectivity index (χ2n) is 12.1. The van der Waals surface area contributed by atoms with Gasteiger partial charge < -0.3 is 39.5 Å². The lowest BCUT2D eigenvalue weighted by atomic mass is 9.79. The van der Waals surface area contributed by atoms with Crippen molar-refractivity contribution in [1.29, 1.82) is 0 Å². The molecule has 274 valence electrons. The summed E-state index contributed by atoms with van der Waals surface area (Å²) in [4.78, 5) is 23.4. The molecule has 2 N–H and O–H groups in total. The van der Waals surface area contributed by atoms with Gasteiger partial charge in [-0.2, -0.15) is 17.7 Å². The number of alkyl halides is 3. The van der Waals surface area contributed by atoms with E-state index in [0.717, 1.165) is 5.56 Å². The average molecular weight is 730 g/mol. The minimum absolute atomic E-state index is 0.0906. The van der Waals surface area contributed by atoms with Gasteiger partial charge in [0.15, 0.2) is 0 Å². The zero-order valence-electron chi connectivity index (χ0n) is 28.5. The number of nitrogens with zero attached hydrogens (tertiary/aromatic N) is 2. The number of hydrogen-bond donors (Lipinski definition) is 2. The number of amides is 1. The van der Waals surface area contributed by atoms with Crippen molar-refractivity contribution in [3.63, 3.8) is 0 Å². The maximum atomic E-state index is 12.8. The van der Waals surface area contributed by atoms with Crippen LogP contribution in [0.1, 0.15) is 34.9 Å². The molecule has 3 atom stereocenters. The van der Waals surface area contributed by atoms with Crippen LogP contribution in [0.5, 0.6) is 11.5 Å². The predicted molar refractivity (Wildman–Crippen MR) is 187 cm³/mol. The Hall–Kier alpha value is -5.88. The number of carbonyl (C=O) groups excluding carboxylic acids is 1. The molecule has 14 heteroatoms. The fraction of sp³-hybridized carbons (Fsp3) is 0.256. The number of aliphatic hydroxyl groups excluding tert-OH is 1. The monoisotopic (exact) mass is 729 g/mol. The number of rotatable bonds is 11. The summed E-state index contributed by atoms with van der Waals surface area (Å²) >= 11 is 0. The minimum atomic E-state index is -5.11. The summed E-state index contributed by atoms with van der Waals surface area (Å²) in [6.45, 7) is -0.617. The second-order valence-corrected chi connectivity index (χ2v) is 12.1. The van der Waals surface area contributed by atoms with Gasteiger partial charge in [-0.05, 0) is 58.0 Å². The van der Waals surface area contributed by atoms with Gasteiger partial charge in [0.25, 0.3) is 0 Å². The van der Waals surface area contributed by atoms with Crippen molar-refractivity contribution in [3.8, 4) is 23.3 Å². The highest BCUT2D eigenvalue weighted by atomic mass is 19.4. The largest absolute Gasteiger partial charge is 0.497 e. The summed E-state index contributed by atoms with van der Waals surface area (Å²) in [7, 11) is 3.08. The number of benzene rings is 4. The van der Waals surface area contributed by atoms with Gasteiger partial charge in [-0.15, -0.1) is 0 Å². The van der Waals surface area contributed by atoms with E-state index in [0.29, 0.717) is 33.5 Å². The molecule has 4 aromatic carbocycles. The number of aromatic nitrogens is 1. The molecule has 1 saturated heterocycles. The molecular weight excluding hydrogens is 695 g/mol. The lowest BCUT2D eigenvalue weighted by Crippen LogP contribution is -2.48. The van der Waals surface area contributed by atoms with Crippen molar-refractivity contribution in [2.45, 2.75) is 43.2 Å². The Morgan fingerprint density at radius 2 is 1.53 bits per heavy atom. The van der Waals surface area contributed by atoms with Crippen molar-refractivity contribution in [1.82, 2.24) is 9.88 Å². The number of para-hydroxylation sites is 1. The van der Waals surface area contributed by atoms with E-state index in [9.17, 15) is 33.2 Å². The lowest BCUT2D eigenvalue weighted by molar-refractivity contribution is -0.393. The Morgan fingerprint density at radius 1 is 0.943 bits per heavy atom. The Kier molecular flexibility index (Phi) is 10.7. The molecule has 1 fully saturated rings. The number of nitrogens with one attached hydrogen (secondary N) is 1. The SMILES string of the molecule is COc1ccc(C(OCc2ccccc2)(c2ccc(OC)cc2)C2OC(n3c([N+](=O)[O-])c(C#CCNC(=O)C(F)(F)F)c4ccccc43)CC2O)cc1. The van der Waals surface area contributed by atoms with Crippen LogP contribution < -0.4 is 14.8 Å². The Labute approximate surface area is 302 Å². The van der Waals surface area contributed by atoms with Crippen molar-refractivity contribution in [3.05, 3.63) is 135 Å². The van der Waals surface area contributed by atoms with E-state index in [2.05, 4.69) is 11.8 Å². The molecule has 6 rings (SSSR count). The molecule has 1 aromatic heterocycles. The van der Waals surface area contributed by atoms with Crippen LogP contribution in [0.3, 0.4) is 0 Å². The molecule has 1 aliphatic heterocycles. The lowest BCUT2D eigenvalue weighted by Gasteiger charge is -2.40. The Bertz CT molecular complexity index is 2100. The van der Waals surface area contributed by atoms with Gasteiger partial charge >= 0.3 is 17.9 Å². The van der Waals surface area contributed by atoms with E-state index in [4.69, 9.17) is 18.9 Å². The van der Waals surface area contributed by atoms with Crippen LogP contribution in [0.15, 0.2) is 103 Å². The van der Waals surface area contributed by atoms with Crippen LogP contribution in [0.4, 0.5) is 19.0 Å². The fourth-order valence-corrected chi connectivity index (χ4v) is 6.57. The Balaban J connectivity index is 1.47. The topological polar surface area (TPSA) is 134 Å². The normalized spacial score (nSPS) is 17.2. The first-order chi connectivity index (χ1) is 25.5. The molecule has 3 unspecified atom stereocenters. The van der Waals surface area contributed by atoms with E-state index in [-0.39, 0.29) is 18.6 Å². The van der Waals surface area contributed by atoms with Crippen LogP contribution in [0, 0.1) is 22.0 Å². The number of fused-ring (bicyclic) bond motifs is 1. The number of halogens is 3. The fourth-order valence-electron chi connectivity index (χ4n) is 6.57. The summed E-state index contributed by atoms with van der Waals surface area (Å²) in [5, 5.41) is 26.7. The molecular formula is C39H34F3N3O8. The molecule has 0 saturated carbocycles. The Morgan fingerprint density at radius 3 is 2.09 bits per heavy atom. The third-order valence-corrected chi connectivity index (χ3v) is 9.00. The standard InChI is InChI=1S/C39H34F3N3O8/c1-50-28-18-14-26(15-19-28)38(27-16-20-29(51-2)21-17-27,52-24-25-9-4-3-5-10-25)35-33(46)23-34(53-35)44-32-13-7-6-11-30(32)31(36(44)45(48)49)12-8-22-43-37(47)39(40,41)42/h3-7,9-11,13-21,33-35,46H,22-24H2,1-2H3,(H,43,47). The molecule has 53 heavy (non-hydrogen) atoms. The van der Waals surface area contributed by atoms with E-state index in [1.807, 2.05) is 30.3 Å². The predicted octanol–water partition coefficient (Wildman–Crippen LogP) is 6.41. The smallest absolute Gasteiger partial charge is 0.471 e. The zero-order chi connectivity index (χ0) is 37.8. The first kappa shape index (κ1) is 36.9. The molecule has 0 spiro atoms. The van der Waals surface area contributed by atoms with E-state index in [1.165, 1.54) is 18.8 Å². The van der Waals surface area contributed by atoms with Crippen molar-refractivity contribution in [2.24, 2.45) is 0 Å². The summed E-state index contributed by atoms with van der Waals surface area (Å²) < 4.78 is 63.9. The third kappa shape index (κ3) is 7.40. The van der Waals surface area contributed by atoms with Gasteiger partial charge in [0.2, 0.25) is 6.23 Å². The quantitative estimate of drug-likeness (QED) is 0.0906. The average Bonchev–Trinajstić information content (AvgIpc) is 3.71. The van der Waals surface area contributed by atoms with Crippen molar-refractivity contribution in [2.75, 3.05) is 20.8 Å². The van der Waals surface area contributed by atoms with Crippen molar-refractivity contribution < 1.29 is 46.9 Å². The van der Waals surface area contributed by atoms with Crippen LogP contribution >= 0.6 is 0 Å². The first-order valence-electron chi connectivity index (χ1n) is 16.4. The van der Waals surface area contributed by atoms with Crippen molar-refractivity contribution >= 4 is 22.6 Å². The number of methoxy groups -OCH3 is 2. The number of hydrogen-bond acceptors (Lipinski definition) is 8. The van der Waals surface area contributed by atoms with E-state index in [1.54, 1.807) is 78.1 Å². The molecule has 5 aromatic rings. The molecule has 11 nitrogen and oxygen atoms in total. The van der Waals surface area contributed by atoms with Gasteiger partial charge in [-0.3, -0.25) is 4.79 Å². The van der Waals surface area contributed by atoms with E-state index < -0.39 is 53.4 Å². The molecule has 1 aliphatic rings. The maximum absolute atomic E-state index is 12.8. The van der Waals surface area contributed by atoms with Gasteiger partial charge in [-0.1, -0.05) is 78.6 Å². The summed E-state index contributed by atoms with van der Waals surface area (Å²) in [6.07, 6.45) is -8.74. The van der Waals surface area contributed by atoms with E-state index >= 15 is 0 Å². The molecule has 0 radical (unpaired) electrons. The van der Waals surface area contributed by atoms with Gasteiger partial charge in [-0.25, -0.2) is 0 Å². The highest BCUT2D eigenvalue weighted by Crippen LogP contribution is 2.49. The summed E-state index contributed by atoms with van der Waals surface area (Å²) in [5.41, 5.74) is 0.784. The second kappa shape index (κ2) is 15.4. The first-order valence-corrected chi connectivity index (χ1v) is 16.4. The van der Waals surface area contributed by atoms with Crippen LogP contribution in [-0.4, -0.2) is 59.7 Å². The molecule has 0 bridgehead atoms. The van der Waals surface area contributed by atoms with Gasteiger partial charge in [0.1, 0.15) is 34.3 Å². The third-order valence-electron chi connectivity index (χ3n) is 9.00. The highest BCUT2D eigenvalue weighted by molar-refractivity contribution is 5.91. The minimum Gasteiger partial charge on any atom is -0.497 e. The summed E-state index contributed by atoms with van der Waals surface area (Å²) in [6, 6.07) is 30.1. The maximum Gasteiger partial charge on any atom is 0.471 e. The molecule has 1 amide bonds. The van der Waals surface area contributed by atoms with Crippen LogP contribution in [0.2, 0.25) is 0 Å². The number of carbonyl (C=O) groups is 1. The van der Waals surface area contributed by atoms with Crippen LogP contribution in [-0.2, 0) is 26.5 Å². The van der Waals surface area contributed by atoms with Gasteiger partial charge in [0.05, 0.1) is 33.5 Å². The number of nitro groups is 1. The van der Waals surface area contributed by atoms with Gasteiger partial charge in [0, 0.05) is 11.8 Å². The van der Waals surface area contributed by atoms with Crippen LogP contribution in [0.25, 0.3) is 10.9 Å². The number of aliphatic hydroxyl groups is 1.